The maximum absolute atomic E-state index is 5.20. The highest BCUT2D eigenvalue weighted by Crippen LogP contribution is 2.11. The quantitative estimate of drug-likeness (QED) is 0.706. The van der Waals surface area contributed by atoms with Crippen molar-refractivity contribution < 1.29 is 4.74 Å². The molecule has 1 aromatic rings. The molecule has 0 saturated heterocycles. The zero-order valence-corrected chi connectivity index (χ0v) is 9.56. The predicted octanol–water partition coefficient (Wildman–Crippen LogP) is 1.94. The molecule has 1 aromatic heterocycles. The molecule has 0 aliphatic carbocycles. The van der Waals surface area contributed by atoms with Gasteiger partial charge in [-0.3, -0.25) is 0 Å². The highest BCUT2D eigenvalue weighted by Gasteiger charge is 2.01. The van der Waals surface area contributed by atoms with Gasteiger partial charge in [-0.15, -0.1) is 0 Å². The minimum Gasteiger partial charge on any atom is -0.380 e. The van der Waals surface area contributed by atoms with E-state index in [1.807, 2.05) is 6.92 Å². The van der Waals surface area contributed by atoms with Crippen LogP contribution in [0.2, 0.25) is 0 Å². The molecule has 0 saturated carbocycles. The second-order valence-electron chi connectivity index (χ2n) is 2.89. The van der Waals surface area contributed by atoms with E-state index in [2.05, 4.69) is 21.6 Å². The van der Waals surface area contributed by atoms with E-state index in [1.54, 1.807) is 0 Å². The van der Waals surface area contributed by atoms with E-state index in [4.69, 9.17) is 4.74 Å². The number of hydrogen-bond donors (Lipinski definition) is 1. The highest BCUT2D eigenvalue weighted by molar-refractivity contribution is 7.09. The SMILES string of the molecule is CCCc1nsc(NCCOCC)n1. The molecule has 1 heterocycles. The summed E-state index contributed by atoms with van der Waals surface area (Å²) in [6.45, 7) is 6.40. The lowest BCUT2D eigenvalue weighted by Crippen LogP contribution is -2.08. The van der Waals surface area contributed by atoms with Crippen LogP contribution < -0.4 is 5.32 Å². The summed E-state index contributed by atoms with van der Waals surface area (Å²) in [5, 5.41) is 4.07. The van der Waals surface area contributed by atoms with Crippen LogP contribution in [0.1, 0.15) is 26.1 Å². The monoisotopic (exact) mass is 215 g/mol. The van der Waals surface area contributed by atoms with Crippen LogP contribution >= 0.6 is 11.5 Å². The lowest BCUT2D eigenvalue weighted by Gasteiger charge is -2.00. The Morgan fingerprint density at radius 3 is 3.00 bits per heavy atom. The first-order valence-electron chi connectivity index (χ1n) is 5.01. The number of rotatable bonds is 7. The Morgan fingerprint density at radius 1 is 1.43 bits per heavy atom. The number of nitrogens with one attached hydrogen (secondary N) is 1. The molecule has 0 radical (unpaired) electrons. The fraction of sp³-hybridized carbons (Fsp3) is 0.778. The smallest absolute Gasteiger partial charge is 0.202 e. The second-order valence-corrected chi connectivity index (χ2v) is 3.64. The normalized spacial score (nSPS) is 10.4. The highest BCUT2D eigenvalue weighted by atomic mass is 32.1. The molecule has 0 bridgehead atoms. The van der Waals surface area contributed by atoms with Gasteiger partial charge in [-0.25, -0.2) is 4.98 Å². The third kappa shape index (κ3) is 4.02. The van der Waals surface area contributed by atoms with Gasteiger partial charge >= 0.3 is 0 Å². The third-order valence-corrected chi connectivity index (χ3v) is 2.38. The maximum Gasteiger partial charge on any atom is 0.202 e. The molecule has 0 aromatic carbocycles. The van der Waals surface area contributed by atoms with E-state index in [0.29, 0.717) is 0 Å². The predicted molar refractivity (Wildman–Crippen MR) is 58.9 cm³/mol. The molecule has 0 fully saturated rings. The summed E-state index contributed by atoms with van der Waals surface area (Å²) >= 11 is 1.42. The summed E-state index contributed by atoms with van der Waals surface area (Å²) in [5.41, 5.74) is 0. The minimum atomic E-state index is 0.721. The second kappa shape index (κ2) is 6.73. The van der Waals surface area contributed by atoms with E-state index < -0.39 is 0 Å². The molecule has 0 atom stereocenters. The number of anilines is 1. The van der Waals surface area contributed by atoms with Gasteiger partial charge in [0.15, 0.2) is 0 Å². The van der Waals surface area contributed by atoms with Crippen LogP contribution in [0.25, 0.3) is 0 Å². The maximum atomic E-state index is 5.20. The largest absolute Gasteiger partial charge is 0.380 e. The van der Waals surface area contributed by atoms with Crippen molar-refractivity contribution in [3.8, 4) is 0 Å². The Hall–Kier alpha value is -0.680. The van der Waals surface area contributed by atoms with Crippen LogP contribution in [0.4, 0.5) is 5.13 Å². The third-order valence-electron chi connectivity index (χ3n) is 1.67. The van der Waals surface area contributed by atoms with Crippen LogP contribution in [0.5, 0.6) is 0 Å². The Balaban J connectivity index is 2.22. The summed E-state index contributed by atoms with van der Waals surface area (Å²) in [6, 6.07) is 0. The summed E-state index contributed by atoms with van der Waals surface area (Å²) in [4.78, 5) is 4.34. The zero-order chi connectivity index (χ0) is 10.2. The Morgan fingerprint density at radius 2 is 2.29 bits per heavy atom. The van der Waals surface area contributed by atoms with Crippen molar-refractivity contribution in [2.75, 3.05) is 25.1 Å². The van der Waals surface area contributed by atoms with Gasteiger partial charge in [0.25, 0.3) is 0 Å². The van der Waals surface area contributed by atoms with E-state index in [-0.39, 0.29) is 0 Å². The standard InChI is InChI=1S/C9H17N3OS/c1-3-5-8-11-9(14-12-8)10-6-7-13-4-2/h3-7H2,1-2H3,(H,10,11,12). The molecule has 0 aliphatic heterocycles. The van der Waals surface area contributed by atoms with Crippen molar-refractivity contribution in [1.29, 1.82) is 0 Å². The van der Waals surface area contributed by atoms with E-state index in [1.165, 1.54) is 11.5 Å². The van der Waals surface area contributed by atoms with Gasteiger partial charge in [0.2, 0.25) is 5.13 Å². The fourth-order valence-corrected chi connectivity index (χ4v) is 1.66. The summed E-state index contributed by atoms with van der Waals surface area (Å²) < 4.78 is 9.44. The molecule has 80 valence electrons. The van der Waals surface area contributed by atoms with Gasteiger partial charge < -0.3 is 10.1 Å². The summed E-state index contributed by atoms with van der Waals surface area (Å²) in [5.74, 6) is 0.941. The summed E-state index contributed by atoms with van der Waals surface area (Å²) in [6.07, 6.45) is 2.05. The van der Waals surface area contributed by atoms with Gasteiger partial charge in [-0.2, -0.15) is 4.37 Å². The molecule has 0 spiro atoms. The summed E-state index contributed by atoms with van der Waals surface area (Å²) in [7, 11) is 0. The van der Waals surface area contributed by atoms with Crippen molar-refractivity contribution in [2.45, 2.75) is 26.7 Å². The van der Waals surface area contributed by atoms with Gasteiger partial charge in [0, 0.05) is 31.1 Å². The topological polar surface area (TPSA) is 47.0 Å². The van der Waals surface area contributed by atoms with Crippen LogP contribution in [-0.4, -0.2) is 29.1 Å². The molecular formula is C9H17N3OS. The van der Waals surface area contributed by atoms with Crippen molar-refractivity contribution in [3.05, 3.63) is 5.82 Å². The molecule has 0 unspecified atom stereocenters. The molecule has 0 amide bonds. The van der Waals surface area contributed by atoms with Crippen LogP contribution in [0, 0.1) is 0 Å². The lowest BCUT2D eigenvalue weighted by molar-refractivity contribution is 0.158. The number of hydrogen-bond acceptors (Lipinski definition) is 5. The average molecular weight is 215 g/mol. The molecule has 1 rings (SSSR count). The average Bonchev–Trinajstić information content (AvgIpc) is 2.61. The van der Waals surface area contributed by atoms with Gasteiger partial charge in [0.05, 0.1) is 6.61 Å². The van der Waals surface area contributed by atoms with Crippen molar-refractivity contribution >= 4 is 16.7 Å². The van der Waals surface area contributed by atoms with Gasteiger partial charge in [-0.1, -0.05) is 6.92 Å². The van der Waals surface area contributed by atoms with Crippen LogP contribution in [-0.2, 0) is 11.2 Å². The molecular weight excluding hydrogens is 198 g/mol. The Kier molecular flexibility index (Phi) is 5.47. The van der Waals surface area contributed by atoms with Gasteiger partial charge in [0.1, 0.15) is 5.82 Å². The Bertz CT molecular complexity index is 252. The number of nitrogens with zero attached hydrogens (tertiary/aromatic N) is 2. The van der Waals surface area contributed by atoms with Crippen LogP contribution in [0.3, 0.4) is 0 Å². The Labute approximate surface area is 88.9 Å². The van der Waals surface area contributed by atoms with Gasteiger partial charge in [-0.05, 0) is 13.3 Å². The first-order chi connectivity index (χ1) is 6.86. The molecule has 5 heteroatoms. The fourth-order valence-electron chi connectivity index (χ4n) is 1.03. The molecule has 0 aliphatic rings. The van der Waals surface area contributed by atoms with E-state index >= 15 is 0 Å². The lowest BCUT2D eigenvalue weighted by atomic mass is 10.3. The first kappa shape index (κ1) is 11.4. The van der Waals surface area contributed by atoms with Crippen molar-refractivity contribution in [1.82, 2.24) is 9.36 Å². The molecule has 14 heavy (non-hydrogen) atoms. The van der Waals surface area contributed by atoms with E-state index in [0.717, 1.165) is 43.6 Å². The number of ether oxygens (including phenoxy) is 1. The number of aromatic nitrogens is 2. The van der Waals surface area contributed by atoms with E-state index in [9.17, 15) is 0 Å². The first-order valence-corrected chi connectivity index (χ1v) is 5.78. The molecule has 4 nitrogen and oxygen atoms in total. The minimum absolute atomic E-state index is 0.721. The van der Waals surface area contributed by atoms with Crippen molar-refractivity contribution in [3.63, 3.8) is 0 Å². The zero-order valence-electron chi connectivity index (χ0n) is 8.75. The molecule has 1 N–H and O–H groups in total. The van der Waals surface area contributed by atoms with Crippen LogP contribution in [0.15, 0.2) is 0 Å². The van der Waals surface area contributed by atoms with Crippen molar-refractivity contribution in [2.24, 2.45) is 0 Å². The number of aryl methyl sites for hydroxylation is 1.